The lowest BCUT2D eigenvalue weighted by molar-refractivity contribution is -0.113. The Morgan fingerprint density at radius 3 is 2.77 bits per heavy atom. The number of nitrogens with zero attached hydrogens (tertiary/aromatic N) is 3. The van der Waals surface area contributed by atoms with Crippen LogP contribution in [0.5, 0.6) is 0 Å². The van der Waals surface area contributed by atoms with Crippen LogP contribution in [0.2, 0.25) is 5.02 Å². The van der Waals surface area contributed by atoms with Crippen molar-refractivity contribution in [2.24, 2.45) is 0 Å². The molecule has 1 amide bonds. The molecule has 0 spiro atoms. The maximum atomic E-state index is 12.9. The first-order valence-electron chi connectivity index (χ1n) is 9.11. The third kappa shape index (κ3) is 5.10. The highest BCUT2D eigenvalue weighted by atomic mass is 35.5. The summed E-state index contributed by atoms with van der Waals surface area (Å²) in [4.78, 5) is 12.3. The summed E-state index contributed by atoms with van der Waals surface area (Å²) in [6.07, 6.45) is 1.49. The smallest absolute Gasteiger partial charge is 0.284 e. The summed E-state index contributed by atoms with van der Waals surface area (Å²) in [5.74, 6) is 0.246. The molecular formula is C18H17ClN4O6S2. The molecule has 13 heteroatoms. The van der Waals surface area contributed by atoms with Crippen LogP contribution in [-0.4, -0.2) is 60.9 Å². The molecule has 1 aliphatic heterocycles. The predicted octanol–water partition coefficient (Wildman–Crippen LogP) is 2.73. The van der Waals surface area contributed by atoms with Crippen LogP contribution in [0.25, 0.3) is 11.7 Å². The molecule has 0 aliphatic carbocycles. The highest BCUT2D eigenvalue weighted by Gasteiger charge is 2.28. The Labute approximate surface area is 186 Å². The molecule has 2 aromatic heterocycles. The fraction of sp³-hybridized carbons (Fsp3) is 0.278. The minimum atomic E-state index is -3.80. The molecule has 1 aliphatic rings. The fourth-order valence-corrected chi connectivity index (χ4v) is 5.27. The van der Waals surface area contributed by atoms with Gasteiger partial charge < -0.3 is 18.9 Å². The number of anilines is 1. The Morgan fingerprint density at radius 2 is 2.03 bits per heavy atom. The highest BCUT2D eigenvalue weighted by molar-refractivity contribution is 7.99. The molecule has 4 rings (SSSR count). The van der Waals surface area contributed by atoms with E-state index in [1.807, 2.05) is 0 Å². The van der Waals surface area contributed by atoms with Crippen molar-refractivity contribution in [2.45, 2.75) is 10.1 Å². The van der Waals surface area contributed by atoms with Crippen LogP contribution in [-0.2, 0) is 19.6 Å². The monoisotopic (exact) mass is 484 g/mol. The topological polar surface area (TPSA) is 128 Å². The van der Waals surface area contributed by atoms with Crippen molar-refractivity contribution in [3.63, 3.8) is 0 Å². The second-order valence-corrected chi connectivity index (χ2v) is 9.59. The summed E-state index contributed by atoms with van der Waals surface area (Å²) >= 11 is 7.17. The zero-order valence-corrected chi connectivity index (χ0v) is 18.4. The van der Waals surface area contributed by atoms with E-state index < -0.39 is 10.0 Å². The molecule has 164 valence electrons. The zero-order valence-electron chi connectivity index (χ0n) is 16.0. The lowest BCUT2D eigenvalue weighted by Gasteiger charge is -2.26. The Morgan fingerprint density at radius 1 is 1.23 bits per heavy atom. The quantitative estimate of drug-likeness (QED) is 0.503. The van der Waals surface area contributed by atoms with E-state index in [-0.39, 0.29) is 45.8 Å². The van der Waals surface area contributed by atoms with E-state index in [4.69, 9.17) is 25.2 Å². The summed E-state index contributed by atoms with van der Waals surface area (Å²) < 4.78 is 42.9. The Kier molecular flexibility index (Phi) is 6.62. The SMILES string of the molecule is O=C(CSc1nnc(-c2ccco2)o1)Nc1ccc(Cl)c(S(=O)(=O)N2CCOCC2)c1. The number of carbonyl (C=O) groups is 1. The number of furan rings is 1. The molecule has 3 heterocycles. The summed E-state index contributed by atoms with van der Waals surface area (Å²) in [5.41, 5.74) is 0.309. The van der Waals surface area contributed by atoms with Crippen LogP contribution in [0.1, 0.15) is 0 Å². The van der Waals surface area contributed by atoms with E-state index in [1.165, 1.54) is 28.8 Å². The van der Waals surface area contributed by atoms with Gasteiger partial charge in [-0.25, -0.2) is 8.42 Å². The summed E-state index contributed by atoms with van der Waals surface area (Å²) in [7, 11) is -3.80. The number of thioether (sulfide) groups is 1. The van der Waals surface area contributed by atoms with Crippen molar-refractivity contribution >= 4 is 45.0 Å². The largest absolute Gasteiger partial charge is 0.459 e. The third-order valence-electron chi connectivity index (χ3n) is 4.27. The second kappa shape index (κ2) is 9.40. The van der Waals surface area contributed by atoms with Gasteiger partial charge in [-0.2, -0.15) is 4.31 Å². The van der Waals surface area contributed by atoms with Gasteiger partial charge in [0.2, 0.25) is 15.9 Å². The first-order valence-corrected chi connectivity index (χ1v) is 11.9. The van der Waals surface area contributed by atoms with E-state index in [2.05, 4.69) is 15.5 Å². The molecular weight excluding hydrogens is 468 g/mol. The van der Waals surface area contributed by atoms with Gasteiger partial charge in [0.1, 0.15) is 4.90 Å². The molecule has 0 saturated carbocycles. The lowest BCUT2D eigenvalue weighted by atomic mass is 10.3. The molecule has 1 aromatic carbocycles. The van der Waals surface area contributed by atoms with Crippen molar-refractivity contribution in [3.8, 4) is 11.7 Å². The Balaban J connectivity index is 1.40. The third-order valence-corrected chi connectivity index (χ3v) is 7.47. The molecule has 1 fully saturated rings. The standard InChI is InChI=1S/C18H17ClN4O6S2/c19-13-4-3-12(10-15(13)31(25,26)23-5-8-27-9-6-23)20-16(24)11-30-18-22-21-17(29-18)14-2-1-7-28-14/h1-4,7,10H,5-6,8-9,11H2,(H,20,24). The molecule has 0 unspecified atom stereocenters. The van der Waals surface area contributed by atoms with Gasteiger partial charge in [-0.15, -0.1) is 10.2 Å². The lowest BCUT2D eigenvalue weighted by Crippen LogP contribution is -2.40. The van der Waals surface area contributed by atoms with Gasteiger partial charge in [0.05, 0.1) is 30.3 Å². The Bertz CT molecular complexity index is 1160. The van der Waals surface area contributed by atoms with Gasteiger partial charge in [-0.3, -0.25) is 4.79 Å². The molecule has 3 aromatic rings. The number of benzene rings is 1. The zero-order chi connectivity index (χ0) is 21.8. The Hall–Kier alpha value is -2.38. The van der Waals surface area contributed by atoms with Crippen molar-refractivity contribution in [1.29, 1.82) is 0 Å². The number of halogens is 1. The van der Waals surface area contributed by atoms with Gasteiger partial charge in [0.25, 0.3) is 11.1 Å². The van der Waals surface area contributed by atoms with E-state index >= 15 is 0 Å². The van der Waals surface area contributed by atoms with Gasteiger partial charge in [-0.1, -0.05) is 23.4 Å². The first-order chi connectivity index (χ1) is 14.9. The van der Waals surface area contributed by atoms with E-state index in [9.17, 15) is 13.2 Å². The van der Waals surface area contributed by atoms with E-state index in [0.717, 1.165) is 11.8 Å². The minimum Gasteiger partial charge on any atom is -0.459 e. The first kappa shape index (κ1) is 21.8. The van der Waals surface area contributed by atoms with Crippen molar-refractivity contribution in [3.05, 3.63) is 41.6 Å². The maximum Gasteiger partial charge on any atom is 0.284 e. The maximum absolute atomic E-state index is 12.9. The number of rotatable bonds is 7. The number of hydrogen-bond acceptors (Lipinski definition) is 9. The number of amides is 1. The van der Waals surface area contributed by atoms with Gasteiger partial charge >= 0.3 is 0 Å². The molecule has 1 N–H and O–H groups in total. The van der Waals surface area contributed by atoms with Crippen molar-refractivity contribution in [2.75, 3.05) is 37.4 Å². The summed E-state index contributed by atoms with van der Waals surface area (Å²) in [6.45, 7) is 1.13. The van der Waals surface area contributed by atoms with E-state index in [1.54, 1.807) is 12.1 Å². The minimum absolute atomic E-state index is 0.0199. The van der Waals surface area contributed by atoms with E-state index in [0.29, 0.717) is 24.7 Å². The molecule has 10 nitrogen and oxygen atoms in total. The predicted molar refractivity (Wildman–Crippen MR) is 112 cm³/mol. The van der Waals surface area contributed by atoms with Crippen LogP contribution in [0, 0.1) is 0 Å². The van der Waals surface area contributed by atoms with Crippen LogP contribution in [0.4, 0.5) is 5.69 Å². The van der Waals surface area contributed by atoms with Crippen molar-refractivity contribution in [1.82, 2.24) is 14.5 Å². The average molecular weight is 485 g/mol. The number of aromatic nitrogens is 2. The van der Waals surface area contributed by atoms with Crippen LogP contribution in [0.15, 0.2) is 55.5 Å². The normalized spacial score (nSPS) is 15.1. The number of morpholine rings is 1. The summed E-state index contributed by atoms with van der Waals surface area (Å²) in [6, 6.07) is 7.69. The average Bonchev–Trinajstić information content (AvgIpc) is 3.46. The van der Waals surface area contributed by atoms with Gasteiger partial charge in [-0.05, 0) is 30.3 Å². The second-order valence-electron chi connectivity index (χ2n) is 6.35. The number of sulfonamides is 1. The molecule has 0 atom stereocenters. The van der Waals surface area contributed by atoms with Crippen molar-refractivity contribution < 1.29 is 26.8 Å². The molecule has 1 saturated heterocycles. The summed E-state index contributed by atoms with van der Waals surface area (Å²) in [5, 5.41) is 10.6. The molecule has 0 bridgehead atoms. The van der Waals surface area contributed by atoms with Crippen LogP contribution in [0.3, 0.4) is 0 Å². The number of nitrogens with one attached hydrogen (secondary N) is 1. The number of hydrogen-bond donors (Lipinski definition) is 1. The van der Waals surface area contributed by atoms with Gasteiger partial charge in [0, 0.05) is 18.8 Å². The number of ether oxygens (including phenoxy) is 1. The number of carbonyl (C=O) groups excluding carboxylic acids is 1. The fourth-order valence-electron chi connectivity index (χ4n) is 2.80. The highest BCUT2D eigenvalue weighted by Crippen LogP contribution is 2.29. The van der Waals surface area contributed by atoms with Gasteiger partial charge in [0.15, 0.2) is 5.76 Å². The van der Waals surface area contributed by atoms with Crippen LogP contribution >= 0.6 is 23.4 Å². The van der Waals surface area contributed by atoms with Crippen LogP contribution < -0.4 is 5.32 Å². The molecule has 0 radical (unpaired) electrons. The molecule has 31 heavy (non-hydrogen) atoms.